The number of carbonyl (C=O) groups excluding carboxylic acids is 1. The Morgan fingerprint density at radius 1 is 1.35 bits per heavy atom. The zero-order chi connectivity index (χ0) is 12.3. The fraction of sp³-hybridized carbons (Fsp3) is 0.692. The number of oxime groups is 1. The topological polar surface area (TPSA) is 61.7 Å². The van der Waals surface area contributed by atoms with Crippen LogP contribution in [0, 0.1) is 0 Å². The van der Waals surface area contributed by atoms with Crippen molar-refractivity contribution in [1.82, 2.24) is 5.32 Å². The summed E-state index contributed by atoms with van der Waals surface area (Å²) in [4.78, 5) is 11.8. The van der Waals surface area contributed by atoms with Gasteiger partial charge in [0.15, 0.2) is 5.78 Å². The Bertz CT molecular complexity index is 374. The molecule has 2 rings (SSSR count). The SMILES string of the molecule is CC1=CC(=O)CC2(CCCCCCC2=NO)N1. The Morgan fingerprint density at radius 2 is 2.12 bits per heavy atom. The van der Waals surface area contributed by atoms with Gasteiger partial charge in [0.25, 0.3) is 0 Å². The first-order valence-corrected chi connectivity index (χ1v) is 6.37. The lowest BCUT2D eigenvalue weighted by Crippen LogP contribution is -2.55. The molecule has 0 aromatic rings. The van der Waals surface area contributed by atoms with E-state index >= 15 is 0 Å². The van der Waals surface area contributed by atoms with E-state index in [1.54, 1.807) is 6.08 Å². The highest BCUT2D eigenvalue weighted by atomic mass is 16.4. The van der Waals surface area contributed by atoms with Gasteiger partial charge in [-0.05, 0) is 32.3 Å². The summed E-state index contributed by atoms with van der Waals surface area (Å²) < 4.78 is 0. The number of carbonyl (C=O) groups is 1. The Hall–Kier alpha value is -1.32. The van der Waals surface area contributed by atoms with Crippen LogP contribution in [0.1, 0.15) is 51.9 Å². The Labute approximate surface area is 102 Å². The molecule has 1 aliphatic heterocycles. The first-order valence-electron chi connectivity index (χ1n) is 6.37. The Balaban J connectivity index is 2.30. The van der Waals surface area contributed by atoms with Gasteiger partial charge in [-0.2, -0.15) is 0 Å². The van der Waals surface area contributed by atoms with Gasteiger partial charge >= 0.3 is 0 Å². The molecule has 4 nitrogen and oxygen atoms in total. The third-order valence-electron chi connectivity index (χ3n) is 3.73. The van der Waals surface area contributed by atoms with Crippen LogP contribution < -0.4 is 5.32 Å². The average molecular weight is 236 g/mol. The molecule has 1 aliphatic carbocycles. The molecule has 1 atom stereocenters. The van der Waals surface area contributed by atoms with Crippen molar-refractivity contribution < 1.29 is 10.0 Å². The van der Waals surface area contributed by atoms with Gasteiger partial charge in [-0.1, -0.05) is 24.4 Å². The van der Waals surface area contributed by atoms with E-state index in [1.165, 1.54) is 12.8 Å². The summed E-state index contributed by atoms with van der Waals surface area (Å²) in [5.41, 5.74) is 1.20. The number of allylic oxidation sites excluding steroid dienone is 2. The van der Waals surface area contributed by atoms with Crippen molar-refractivity contribution in [3.63, 3.8) is 0 Å². The summed E-state index contributed by atoms with van der Waals surface area (Å²) in [5.74, 6) is 0.128. The summed E-state index contributed by atoms with van der Waals surface area (Å²) in [6.45, 7) is 1.90. The zero-order valence-corrected chi connectivity index (χ0v) is 10.3. The molecule has 0 saturated heterocycles. The fourth-order valence-electron chi connectivity index (χ4n) is 2.97. The largest absolute Gasteiger partial charge is 0.411 e. The molecule has 17 heavy (non-hydrogen) atoms. The van der Waals surface area contributed by atoms with Crippen LogP contribution in [-0.4, -0.2) is 22.2 Å². The van der Waals surface area contributed by atoms with E-state index in [4.69, 9.17) is 0 Å². The monoisotopic (exact) mass is 236 g/mol. The third kappa shape index (κ3) is 2.51. The highest BCUT2D eigenvalue weighted by Crippen LogP contribution is 2.31. The lowest BCUT2D eigenvalue weighted by Gasteiger charge is -2.39. The number of ketones is 1. The zero-order valence-electron chi connectivity index (χ0n) is 10.3. The average Bonchev–Trinajstić information content (AvgIpc) is 2.23. The van der Waals surface area contributed by atoms with E-state index < -0.39 is 5.54 Å². The molecule has 1 spiro atoms. The van der Waals surface area contributed by atoms with Crippen LogP contribution in [0.25, 0.3) is 0 Å². The summed E-state index contributed by atoms with van der Waals surface area (Å²) >= 11 is 0. The summed E-state index contributed by atoms with van der Waals surface area (Å²) in [6.07, 6.45) is 8.21. The molecule has 1 saturated carbocycles. The van der Waals surface area contributed by atoms with E-state index in [2.05, 4.69) is 10.5 Å². The second kappa shape index (κ2) is 4.90. The molecule has 0 aromatic carbocycles. The van der Waals surface area contributed by atoms with Crippen molar-refractivity contribution in [2.24, 2.45) is 5.16 Å². The maximum atomic E-state index is 11.8. The smallest absolute Gasteiger partial charge is 0.160 e. The molecule has 2 aliphatic rings. The molecule has 94 valence electrons. The van der Waals surface area contributed by atoms with Gasteiger partial charge in [-0.15, -0.1) is 0 Å². The van der Waals surface area contributed by atoms with Crippen LogP contribution in [0.2, 0.25) is 0 Å². The molecule has 0 bridgehead atoms. The van der Waals surface area contributed by atoms with Crippen LogP contribution in [0.15, 0.2) is 16.9 Å². The normalized spacial score (nSPS) is 32.9. The van der Waals surface area contributed by atoms with Crippen LogP contribution in [0.3, 0.4) is 0 Å². The summed E-state index contributed by atoms with van der Waals surface area (Å²) in [5, 5.41) is 16.1. The maximum Gasteiger partial charge on any atom is 0.160 e. The molecular weight excluding hydrogens is 216 g/mol. The maximum absolute atomic E-state index is 11.8. The van der Waals surface area contributed by atoms with Gasteiger partial charge in [-0.25, -0.2) is 0 Å². The molecular formula is C13H20N2O2. The quantitative estimate of drug-likeness (QED) is 0.501. The lowest BCUT2D eigenvalue weighted by molar-refractivity contribution is -0.116. The molecule has 2 N–H and O–H groups in total. The second-order valence-corrected chi connectivity index (χ2v) is 5.14. The number of hydrogen-bond donors (Lipinski definition) is 2. The van der Waals surface area contributed by atoms with Crippen molar-refractivity contribution in [3.05, 3.63) is 11.8 Å². The standard InChI is InChI=1S/C13H20N2O2/c1-10-8-11(16)9-13(14-10)7-5-3-2-4-6-12(13)15-17/h8,14,17H,2-7,9H2,1H3. The van der Waals surface area contributed by atoms with Gasteiger partial charge in [0.2, 0.25) is 0 Å². The van der Waals surface area contributed by atoms with Crippen LogP contribution in [0.5, 0.6) is 0 Å². The van der Waals surface area contributed by atoms with Crippen LogP contribution in [-0.2, 0) is 4.79 Å². The Kier molecular flexibility index (Phi) is 3.50. The molecule has 1 fully saturated rings. The fourth-order valence-corrected chi connectivity index (χ4v) is 2.97. The summed E-state index contributed by atoms with van der Waals surface area (Å²) in [7, 11) is 0. The number of nitrogens with zero attached hydrogens (tertiary/aromatic N) is 1. The number of nitrogens with one attached hydrogen (secondary N) is 1. The minimum Gasteiger partial charge on any atom is -0.411 e. The first-order chi connectivity index (χ1) is 8.16. The Morgan fingerprint density at radius 3 is 2.82 bits per heavy atom. The van der Waals surface area contributed by atoms with Crippen LogP contribution >= 0.6 is 0 Å². The second-order valence-electron chi connectivity index (χ2n) is 5.14. The van der Waals surface area contributed by atoms with E-state index in [0.29, 0.717) is 6.42 Å². The molecule has 1 unspecified atom stereocenters. The molecule has 0 amide bonds. The number of rotatable bonds is 0. The van der Waals surface area contributed by atoms with Crippen molar-refractivity contribution in [1.29, 1.82) is 0 Å². The van der Waals surface area contributed by atoms with Crippen molar-refractivity contribution >= 4 is 11.5 Å². The lowest BCUT2D eigenvalue weighted by atomic mass is 9.77. The van der Waals surface area contributed by atoms with E-state index in [0.717, 1.165) is 37.1 Å². The van der Waals surface area contributed by atoms with E-state index in [-0.39, 0.29) is 5.78 Å². The highest BCUT2D eigenvalue weighted by molar-refractivity contribution is 6.02. The van der Waals surface area contributed by atoms with Gasteiger partial charge in [0.1, 0.15) is 0 Å². The minimum atomic E-state index is -0.426. The van der Waals surface area contributed by atoms with Gasteiger partial charge in [0, 0.05) is 12.1 Å². The molecule has 0 aromatic heterocycles. The number of hydrogen-bond acceptors (Lipinski definition) is 4. The van der Waals surface area contributed by atoms with Crippen molar-refractivity contribution in [2.75, 3.05) is 0 Å². The minimum absolute atomic E-state index is 0.128. The van der Waals surface area contributed by atoms with Gasteiger partial charge in [0.05, 0.1) is 11.3 Å². The predicted molar refractivity (Wildman–Crippen MR) is 66.2 cm³/mol. The highest BCUT2D eigenvalue weighted by Gasteiger charge is 2.40. The molecule has 4 heteroatoms. The van der Waals surface area contributed by atoms with Gasteiger partial charge < -0.3 is 10.5 Å². The van der Waals surface area contributed by atoms with E-state index in [1.807, 2.05) is 6.92 Å². The molecule has 0 radical (unpaired) electrons. The van der Waals surface area contributed by atoms with Crippen molar-refractivity contribution in [2.45, 2.75) is 57.4 Å². The van der Waals surface area contributed by atoms with E-state index in [9.17, 15) is 10.0 Å². The van der Waals surface area contributed by atoms with Crippen LogP contribution in [0.4, 0.5) is 0 Å². The van der Waals surface area contributed by atoms with Gasteiger partial charge in [-0.3, -0.25) is 4.79 Å². The predicted octanol–water partition coefficient (Wildman–Crippen LogP) is 2.38. The van der Waals surface area contributed by atoms with Crippen molar-refractivity contribution in [3.8, 4) is 0 Å². The first kappa shape index (κ1) is 12.1. The molecule has 1 heterocycles. The summed E-state index contributed by atoms with van der Waals surface area (Å²) in [6, 6.07) is 0. The third-order valence-corrected chi connectivity index (χ3v) is 3.73.